The Bertz CT molecular complexity index is 1000. The van der Waals surface area contributed by atoms with Crippen LogP contribution in [0.25, 0.3) is 0 Å². The number of aromatic nitrogens is 4. The summed E-state index contributed by atoms with van der Waals surface area (Å²) in [5.41, 5.74) is 1.21. The molecular weight excluding hydrogens is 464 g/mol. The van der Waals surface area contributed by atoms with E-state index < -0.39 is 5.82 Å². The third kappa shape index (κ3) is 6.46. The summed E-state index contributed by atoms with van der Waals surface area (Å²) >= 11 is 14.1. The van der Waals surface area contributed by atoms with Crippen LogP contribution >= 0.6 is 35.0 Å². The summed E-state index contributed by atoms with van der Waals surface area (Å²) in [5, 5.41) is 16.1. The summed E-state index contributed by atoms with van der Waals surface area (Å²) in [4.78, 5) is 0. The van der Waals surface area contributed by atoms with Crippen LogP contribution in [0.2, 0.25) is 10.0 Å². The van der Waals surface area contributed by atoms with Crippen LogP contribution in [0.5, 0.6) is 11.5 Å². The molecule has 0 bridgehead atoms. The Balaban J connectivity index is 1.60. The third-order valence-electron chi connectivity index (χ3n) is 4.21. The predicted octanol–water partition coefficient (Wildman–Crippen LogP) is 4.52. The molecule has 7 nitrogen and oxygen atoms in total. The van der Waals surface area contributed by atoms with Gasteiger partial charge >= 0.3 is 0 Å². The summed E-state index contributed by atoms with van der Waals surface area (Å²) in [6.45, 7) is 3.60. The van der Waals surface area contributed by atoms with Crippen LogP contribution in [0.15, 0.2) is 35.5 Å². The summed E-state index contributed by atoms with van der Waals surface area (Å²) < 4.78 is 27.2. The summed E-state index contributed by atoms with van der Waals surface area (Å²) in [7, 11) is 1.80. The molecule has 1 N–H and O–H groups in total. The predicted molar refractivity (Wildman–Crippen MR) is 120 cm³/mol. The third-order valence-corrected chi connectivity index (χ3v) is 5.86. The molecule has 0 spiro atoms. The number of benzene rings is 2. The van der Waals surface area contributed by atoms with Crippen LogP contribution in [-0.2, 0) is 20.2 Å². The minimum atomic E-state index is -0.433. The highest BCUT2D eigenvalue weighted by molar-refractivity contribution is 7.99. The molecule has 11 heteroatoms. The summed E-state index contributed by atoms with van der Waals surface area (Å²) in [6, 6.07) is 8.16. The monoisotopic (exact) mass is 485 g/mol. The Kier molecular flexibility index (Phi) is 8.77. The van der Waals surface area contributed by atoms with Crippen molar-refractivity contribution in [2.45, 2.75) is 25.2 Å². The molecule has 1 heterocycles. The fraction of sp³-hybridized carbons (Fsp3) is 0.350. The topological polar surface area (TPSA) is 74.1 Å². The number of hydrogen-bond donors (Lipinski definition) is 1. The lowest BCUT2D eigenvalue weighted by atomic mass is 10.2. The standard InChI is InChI=1S/C20H22Cl2FN5O2S/c1-3-29-18-10-13(11-24-7-8-31-20-25-26-27-28(20)2)9-16(22)19(18)30-12-14-15(21)5-4-6-17(14)23/h4-6,9-10,24H,3,7-8,11-12H2,1-2H3. The zero-order valence-electron chi connectivity index (χ0n) is 17.1. The van der Waals surface area contributed by atoms with E-state index in [1.165, 1.54) is 6.07 Å². The molecule has 0 aliphatic carbocycles. The van der Waals surface area contributed by atoms with Gasteiger partial charge < -0.3 is 14.8 Å². The first kappa shape index (κ1) is 23.6. The number of tetrazole rings is 1. The molecule has 3 aromatic rings. The maximum atomic E-state index is 14.0. The van der Waals surface area contributed by atoms with E-state index in [2.05, 4.69) is 20.8 Å². The maximum absolute atomic E-state index is 14.0. The number of halogens is 3. The van der Waals surface area contributed by atoms with E-state index in [0.717, 1.165) is 23.0 Å². The van der Waals surface area contributed by atoms with Gasteiger partial charge in [-0.1, -0.05) is 41.0 Å². The smallest absolute Gasteiger partial charge is 0.209 e. The molecule has 0 amide bonds. The Morgan fingerprint density at radius 2 is 2.03 bits per heavy atom. The van der Waals surface area contributed by atoms with Crippen molar-refractivity contribution in [3.63, 3.8) is 0 Å². The lowest BCUT2D eigenvalue weighted by Crippen LogP contribution is -2.17. The van der Waals surface area contributed by atoms with Gasteiger partial charge in [-0.2, -0.15) is 0 Å². The van der Waals surface area contributed by atoms with Gasteiger partial charge in [-0.15, -0.1) is 5.10 Å². The molecule has 0 radical (unpaired) electrons. The second kappa shape index (κ2) is 11.5. The average Bonchev–Trinajstić information content (AvgIpc) is 3.14. The van der Waals surface area contributed by atoms with Crippen molar-refractivity contribution < 1.29 is 13.9 Å². The van der Waals surface area contributed by atoms with Crippen LogP contribution in [0.4, 0.5) is 4.39 Å². The minimum absolute atomic E-state index is 0.0585. The van der Waals surface area contributed by atoms with Crippen LogP contribution in [-0.4, -0.2) is 39.1 Å². The van der Waals surface area contributed by atoms with Crippen molar-refractivity contribution >= 4 is 35.0 Å². The second-order valence-electron chi connectivity index (χ2n) is 6.44. The number of nitrogens with zero attached hydrogens (tertiary/aromatic N) is 4. The number of nitrogens with one attached hydrogen (secondary N) is 1. The average molecular weight is 486 g/mol. The first-order chi connectivity index (χ1) is 15.0. The van der Waals surface area contributed by atoms with Gasteiger partial charge in [0.05, 0.1) is 16.7 Å². The highest BCUT2D eigenvalue weighted by Crippen LogP contribution is 2.37. The largest absolute Gasteiger partial charge is 0.490 e. The number of hydrogen-bond acceptors (Lipinski definition) is 7. The van der Waals surface area contributed by atoms with Gasteiger partial charge in [0.25, 0.3) is 0 Å². The summed E-state index contributed by atoms with van der Waals surface area (Å²) in [5.74, 6) is 1.23. The zero-order valence-corrected chi connectivity index (χ0v) is 19.4. The quantitative estimate of drug-likeness (QED) is 0.316. The first-order valence-corrected chi connectivity index (χ1v) is 11.3. The van der Waals surface area contributed by atoms with E-state index in [1.54, 1.807) is 41.7 Å². The van der Waals surface area contributed by atoms with Crippen molar-refractivity contribution in [1.82, 2.24) is 25.5 Å². The number of aryl methyl sites for hydroxylation is 1. The van der Waals surface area contributed by atoms with Crippen molar-refractivity contribution in [3.05, 3.63) is 57.3 Å². The van der Waals surface area contributed by atoms with Crippen molar-refractivity contribution in [3.8, 4) is 11.5 Å². The van der Waals surface area contributed by atoms with Gasteiger partial charge in [-0.25, -0.2) is 9.07 Å². The van der Waals surface area contributed by atoms with Crippen LogP contribution < -0.4 is 14.8 Å². The van der Waals surface area contributed by atoms with E-state index in [-0.39, 0.29) is 12.2 Å². The van der Waals surface area contributed by atoms with Gasteiger partial charge in [-0.05, 0) is 47.2 Å². The molecule has 0 atom stereocenters. The summed E-state index contributed by atoms with van der Waals surface area (Å²) in [6.07, 6.45) is 0. The molecule has 0 fully saturated rings. The SMILES string of the molecule is CCOc1cc(CNCCSc2nnnn2C)cc(Cl)c1OCc1c(F)cccc1Cl. The van der Waals surface area contributed by atoms with Gasteiger partial charge in [0.1, 0.15) is 12.4 Å². The van der Waals surface area contributed by atoms with E-state index in [0.29, 0.717) is 34.7 Å². The Hall–Kier alpha value is -2.07. The normalized spacial score (nSPS) is 11.0. The lowest BCUT2D eigenvalue weighted by Gasteiger charge is -2.16. The van der Waals surface area contributed by atoms with Gasteiger partial charge in [-0.3, -0.25) is 0 Å². The Morgan fingerprint density at radius 3 is 2.74 bits per heavy atom. The van der Waals surface area contributed by atoms with Gasteiger partial charge in [0.15, 0.2) is 11.5 Å². The van der Waals surface area contributed by atoms with Gasteiger partial charge in [0.2, 0.25) is 5.16 Å². The fourth-order valence-corrected chi connectivity index (χ4v) is 3.98. The van der Waals surface area contributed by atoms with E-state index in [4.69, 9.17) is 32.7 Å². The molecule has 166 valence electrons. The Labute approximate surface area is 194 Å². The van der Waals surface area contributed by atoms with Crippen molar-refractivity contribution in [2.75, 3.05) is 18.9 Å². The number of rotatable bonds is 11. The van der Waals surface area contributed by atoms with Crippen LogP contribution in [0.3, 0.4) is 0 Å². The molecule has 0 unspecified atom stereocenters. The highest BCUT2D eigenvalue weighted by Gasteiger charge is 2.15. The molecule has 31 heavy (non-hydrogen) atoms. The van der Waals surface area contributed by atoms with E-state index in [9.17, 15) is 4.39 Å². The van der Waals surface area contributed by atoms with E-state index in [1.807, 2.05) is 13.0 Å². The lowest BCUT2D eigenvalue weighted by molar-refractivity contribution is 0.266. The molecular formula is C20H22Cl2FN5O2S. The minimum Gasteiger partial charge on any atom is -0.490 e. The Morgan fingerprint density at radius 1 is 1.19 bits per heavy atom. The van der Waals surface area contributed by atoms with Crippen molar-refractivity contribution in [2.24, 2.45) is 7.05 Å². The first-order valence-electron chi connectivity index (χ1n) is 9.56. The van der Waals surface area contributed by atoms with Crippen LogP contribution in [0, 0.1) is 5.82 Å². The highest BCUT2D eigenvalue weighted by atomic mass is 35.5. The zero-order chi connectivity index (χ0) is 22.2. The van der Waals surface area contributed by atoms with Gasteiger partial charge in [0, 0.05) is 31.5 Å². The van der Waals surface area contributed by atoms with Crippen molar-refractivity contribution in [1.29, 1.82) is 0 Å². The molecule has 0 aliphatic rings. The number of ether oxygens (including phenoxy) is 2. The second-order valence-corrected chi connectivity index (χ2v) is 8.31. The molecule has 2 aromatic carbocycles. The molecule has 0 saturated carbocycles. The molecule has 1 aromatic heterocycles. The molecule has 3 rings (SSSR count). The molecule has 0 saturated heterocycles. The maximum Gasteiger partial charge on any atom is 0.209 e. The fourth-order valence-electron chi connectivity index (χ4n) is 2.73. The molecule has 0 aliphatic heterocycles. The van der Waals surface area contributed by atoms with Crippen LogP contribution in [0.1, 0.15) is 18.1 Å². The van der Waals surface area contributed by atoms with E-state index >= 15 is 0 Å². The number of thioether (sulfide) groups is 1.